The third kappa shape index (κ3) is 3.62. The van der Waals surface area contributed by atoms with Crippen LogP contribution < -0.4 is 5.32 Å². The summed E-state index contributed by atoms with van der Waals surface area (Å²) in [5.74, 6) is 0. The average molecular weight is 438 g/mol. The number of carbonyl (C=O) groups excluding carboxylic acids is 1. The molecule has 5 rings (SSSR count). The minimum atomic E-state index is -3.61. The van der Waals surface area contributed by atoms with E-state index in [1.807, 2.05) is 37.3 Å². The van der Waals surface area contributed by atoms with Gasteiger partial charge in [-0.25, -0.2) is 13.2 Å². The highest BCUT2D eigenvalue weighted by molar-refractivity contribution is 7.89. The Labute approximate surface area is 181 Å². The van der Waals surface area contributed by atoms with E-state index in [4.69, 9.17) is 4.42 Å². The molecule has 3 heterocycles. The number of fused-ring (bicyclic) bond motifs is 1. The van der Waals surface area contributed by atoms with Crippen LogP contribution in [0.4, 0.5) is 4.79 Å². The molecule has 2 aliphatic heterocycles. The maximum absolute atomic E-state index is 13.1. The van der Waals surface area contributed by atoms with Gasteiger partial charge >= 0.3 is 6.03 Å². The van der Waals surface area contributed by atoms with E-state index >= 15 is 0 Å². The van der Waals surface area contributed by atoms with Crippen molar-refractivity contribution in [1.82, 2.24) is 14.5 Å². The number of nitrogens with zero attached hydrogens (tertiary/aromatic N) is 2. The third-order valence-corrected chi connectivity index (χ3v) is 7.77. The second kappa shape index (κ2) is 7.55. The first-order valence-corrected chi connectivity index (χ1v) is 11.6. The number of furan rings is 1. The van der Waals surface area contributed by atoms with E-state index < -0.39 is 10.0 Å². The molecule has 0 aliphatic carbocycles. The first kappa shape index (κ1) is 19.8. The molecule has 31 heavy (non-hydrogen) atoms. The monoisotopic (exact) mass is 437 g/mol. The van der Waals surface area contributed by atoms with E-state index in [0.29, 0.717) is 31.8 Å². The number of amides is 2. The van der Waals surface area contributed by atoms with Crippen LogP contribution in [0.3, 0.4) is 0 Å². The van der Waals surface area contributed by atoms with Gasteiger partial charge < -0.3 is 14.6 Å². The van der Waals surface area contributed by atoms with Gasteiger partial charge in [-0.1, -0.05) is 30.3 Å². The van der Waals surface area contributed by atoms with Gasteiger partial charge in [-0.15, -0.1) is 0 Å². The van der Waals surface area contributed by atoms with Crippen molar-refractivity contribution in [3.05, 3.63) is 77.6 Å². The van der Waals surface area contributed by atoms with Crippen molar-refractivity contribution in [3.8, 4) is 0 Å². The number of carbonyl (C=O) groups is 1. The summed E-state index contributed by atoms with van der Waals surface area (Å²) in [7, 11) is -3.61. The van der Waals surface area contributed by atoms with Crippen molar-refractivity contribution in [1.29, 1.82) is 0 Å². The molecule has 1 aromatic heterocycles. The Morgan fingerprint density at radius 3 is 2.42 bits per heavy atom. The molecule has 0 radical (unpaired) electrons. The summed E-state index contributed by atoms with van der Waals surface area (Å²) in [6.45, 7) is 3.50. The van der Waals surface area contributed by atoms with Crippen molar-refractivity contribution < 1.29 is 17.6 Å². The lowest BCUT2D eigenvalue weighted by atomic mass is 10.1. The van der Waals surface area contributed by atoms with Gasteiger partial charge in [-0.3, -0.25) is 0 Å². The molecule has 0 bridgehead atoms. The summed E-state index contributed by atoms with van der Waals surface area (Å²) in [4.78, 5) is 14.7. The smallest absolute Gasteiger partial charge is 0.318 e. The lowest BCUT2D eigenvalue weighted by Gasteiger charge is -2.24. The van der Waals surface area contributed by atoms with Crippen LogP contribution in [0.15, 0.2) is 81.3 Å². The molecule has 3 aromatic rings. The standard InChI is InChI=1S/C23H23N3O4S/c1-16(17-5-3-2-4-6-17)24-23(27)25-12-19-14-26(15-20(19)13-25)31(28,29)21-7-8-22-18(11-21)9-10-30-22/h2-11,16H,12-15H2,1H3,(H,24,27)/t16-/m1/s1. The van der Waals surface area contributed by atoms with Crippen molar-refractivity contribution >= 4 is 27.0 Å². The second-order valence-corrected chi connectivity index (χ2v) is 9.98. The largest absolute Gasteiger partial charge is 0.464 e. The van der Waals surface area contributed by atoms with Crippen molar-refractivity contribution in [2.75, 3.05) is 26.2 Å². The number of nitrogens with one attached hydrogen (secondary N) is 1. The predicted molar refractivity (Wildman–Crippen MR) is 117 cm³/mol. The molecule has 0 fully saturated rings. The molecule has 7 nitrogen and oxygen atoms in total. The van der Waals surface area contributed by atoms with Gasteiger partial charge in [-0.05, 0) is 47.9 Å². The maximum Gasteiger partial charge on any atom is 0.318 e. The van der Waals surface area contributed by atoms with Gasteiger partial charge in [0.2, 0.25) is 10.0 Å². The van der Waals surface area contributed by atoms with Crippen LogP contribution in [-0.4, -0.2) is 49.8 Å². The molecule has 1 N–H and O–H groups in total. The summed E-state index contributed by atoms with van der Waals surface area (Å²) >= 11 is 0. The molecular formula is C23H23N3O4S. The molecule has 0 unspecified atom stereocenters. The Kier molecular flexibility index (Phi) is 4.83. The Morgan fingerprint density at radius 2 is 1.71 bits per heavy atom. The SMILES string of the molecule is C[C@@H](NC(=O)N1CC2=C(C1)CN(S(=O)(=O)c1ccc3occc3c1)C2)c1ccccc1. The fraction of sp³-hybridized carbons (Fsp3) is 0.261. The third-order valence-electron chi connectivity index (χ3n) is 5.99. The van der Waals surface area contributed by atoms with Crippen LogP contribution in [0.1, 0.15) is 18.5 Å². The van der Waals surface area contributed by atoms with Crippen molar-refractivity contribution in [3.63, 3.8) is 0 Å². The first-order valence-electron chi connectivity index (χ1n) is 10.2. The Bertz CT molecular complexity index is 1260. The summed E-state index contributed by atoms with van der Waals surface area (Å²) in [6.07, 6.45) is 1.55. The first-order chi connectivity index (χ1) is 14.9. The number of hydrogen-bond acceptors (Lipinski definition) is 4. The number of hydrogen-bond donors (Lipinski definition) is 1. The van der Waals surface area contributed by atoms with Gasteiger partial charge in [-0.2, -0.15) is 4.31 Å². The predicted octanol–water partition coefficient (Wildman–Crippen LogP) is 3.52. The lowest BCUT2D eigenvalue weighted by Crippen LogP contribution is -2.42. The highest BCUT2D eigenvalue weighted by Gasteiger charge is 2.37. The molecule has 2 aliphatic rings. The van der Waals surface area contributed by atoms with E-state index in [2.05, 4.69) is 5.32 Å². The average Bonchev–Trinajstić information content (AvgIpc) is 3.48. The van der Waals surface area contributed by atoms with Crippen LogP contribution in [-0.2, 0) is 10.0 Å². The number of sulfonamides is 1. The molecule has 2 aromatic carbocycles. The molecule has 2 amide bonds. The number of urea groups is 1. The minimum absolute atomic E-state index is 0.0983. The zero-order valence-electron chi connectivity index (χ0n) is 17.1. The van der Waals surface area contributed by atoms with E-state index in [1.54, 1.807) is 35.4 Å². The van der Waals surface area contributed by atoms with Gasteiger partial charge in [0.05, 0.1) is 17.2 Å². The number of benzene rings is 2. The van der Waals surface area contributed by atoms with Crippen LogP contribution in [0.25, 0.3) is 11.0 Å². The highest BCUT2D eigenvalue weighted by atomic mass is 32.2. The van der Waals surface area contributed by atoms with E-state index in [1.165, 1.54) is 4.31 Å². The van der Waals surface area contributed by atoms with Gasteiger partial charge in [0.15, 0.2) is 0 Å². The van der Waals surface area contributed by atoms with E-state index in [9.17, 15) is 13.2 Å². The van der Waals surface area contributed by atoms with Crippen LogP contribution >= 0.6 is 0 Å². The summed E-state index contributed by atoms with van der Waals surface area (Å²) < 4.78 is 33.0. The van der Waals surface area contributed by atoms with E-state index in [0.717, 1.165) is 22.1 Å². The highest BCUT2D eigenvalue weighted by Crippen LogP contribution is 2.31. The maximum atomic E-state index is 13.1. The van der Waals surface area contributed by atoms with Crippen molar-refractivity contribution in [2.24, 2.45) is 0 Å². The Balaban J connectivity index is 1.23. The van der Waals surface area contributed by atoms with Crippen LogP contribution in [0.5, 0.6) is 0 Å². The molecule has 0 saturated carbocycles. The molecule has 0 spiro atoms. The van der Waals surface area contributed by atoms with Crippen LogP contribution in [0, 0.1) is 0 Å². The summed E-state index contributed by atoms with van der Waals surface area (Å²) in [6, 6.07) is 16.2. The minimum Gasteiger partial charge on any atom is -0.464 e. The van der Waals surface area contributed by atoms with Crippen LogP contribution in [0.2, 0.25) is 0 Å². The molecule has 1 atom stereocenters. The molecular weight excluding hydrogens is 414 g/mol. The topological polar surface area (TPSA) is 82.9 Å². The fourth-order valence-corrected chi connectivity index (χ4v) is 5.68. The van der Waals surface area contributed by atoms with E-state index in [-0.39, 0.29) is 17.0 Å². The van der Waals surface area contributed by atoms with Gasteiger partial charge in [0.1, 0.15) is 5.58 Å². The van der Waals surface area contributed by atoms with Gasteiger partial charge in [0.25, 0.3) is 0 Å². The normalized spacial score (nSPS) is 17.9. The molecule has 0 saturated heterocycles. The summed E-state index contributed by atoms with van der Waals surface area (Å²) in [5.41, 5.74) is 3.72. The Hall–Kier alpha value is -3.10. The van der Waals surface area contributed by atoms with Gasteiger partial charge in [0, 0.05) is 31.6 Å². The second-order valence-electron chi connectivity index (χ2n) is 8.04. The lowest BCUT2D eigenvalue weighted by molar-refractivity contribution is 0.205. The summed E-state index contributed by atoms with van der Waals surface area (Å²) in [5, 5.41) is 3.79. The fourth-order valence-electron chi connectivity index (χ4n) is 4.21. The quantitative estimate of drug-likeness (QED) is 0.633. The number of rotatable bonds is 4. The molecule has 8 heteroatoms. The zero-order valence-corrected chi connectivity index (χ0v) is 17.9. The molecule has 160 valence electrons. The Morgan fingerprint density at radius 1 is 1.00 bits per heavy atom. The zero-order chi connectivity index (χ0) is 21.6. The van der Waals surface area contributed by atoms with Crippen molar-refractivity contribution in [2.45, 2.75) is 17.9 Å².